The van der Waals surface area contributed by atoms with Crippen molar-refractivity contribution in [1.29, 1.82) is 0 Å². The van der Waals surface area contributed by atoms with Crippen LogP contribution in [-0.2, 0) is 0 Å². The number of hydrogen-bond acceptors (Lipinski definition) is 0. The summed E-state index contributed by atoms with van der Waals surface area (Å²) >= 11 is 0. The van der Waals surface area contributed by atoms with Crippen LogP contribution in [0.4, 0.5) is 0 Å². The van der Waals surface area contributed by atoms with E-state index in [1.807, 2.05) is 13.0 Å². The minimum Gasteiger partial charge on any atom is -0.115 e. The predicted octanol–water partition coefficient (Wildman–Crippen LogP) is 14.1. The second-order valence-corrected chi connectivity index (χ2v) is 21.1. The maximum Gasteiger partial charge on any atom is -0.00109 e. The smallest absolute Gasteiger partial charge is 0.00109 e. The van der Waals surface area contributed by atoms with Gasteiger partial charge in [0.2, 0.25) is 0 Å². The molecule has 0 bridgehead atoms. The fourth-order valence-electron chi connectivity index (χ4n) is 9.26. The maximum absolute atomic E-state index is 5.17. The van der Waals surface area contributed by atoms with Gasteiger partial charge >= 0.3 is 0 Å². The third kappa shape index (κ3) is 12.1. The summed E-state index contributed by atoms with van der Waals surface area (Å²) in [7, 11) is -0.0492. The number of aryl methyl sites for hydroxylation is 9. The Balaban J connectivity index is 0.000000280. The highest BCUT2D eigenvalue weighted by Crippen LogP contribution is 2.53. The molecule has 0 radical (unpaired) electrons. The average Bonchev–Trinajstić information content (AvgIpc) is 3.57. The van der Waals surface area contributed by atoms with Gasteiger partial charge in [-0.05, 0) is 194 Å². The second kappa shape index (κ2) is 20.6. The highest BCUT2D eigenvalue weighted by atomic mass is 31.1. The fraction of sp³-hybridized carbons (Fsp3) is 0.423. The Morgan fingerprint density at radius 3 is 1.44 bits per heavy atom. The number of benzene rings is 4. The lowest BCUT2D eigenvalue weighted by Gasteiger charge is -2.33. The van der Waals surface area contributed by atoms with Gasteiger partial charge < -0.3 is 0 Å². The monoisotopic (exact) mass is 754 g/mol. The second-order valence-electron chi connectivity index (χ2n) is 16.3. The lowest BCUT2D eigenvalue weighted by molar-refractivity contribution is 0.624. The zero-order chi connectivity index (χ0) is 39.5. The molecule has 2 saturated heterocycles. The standard InChI is InChI=1S/C33H42P2.C10H14.C9H12/c1-22-17-24(3)32(25(4)18-22)28-11-14-34(15-12-28)30-9-7-8-10-31(30)35-16-13-29(21-35)33-26(5)19-23(2)20-27(33)6;1-5-7-10(4)8-9(3)6-2;1-7-4-8(2)6-9(3)5-7/h7-10,17-20,28-29H,11-16,21H2,1-6H3;2,7-8H,5H2,1,3-4H3;4-6H,1-3H3/b;9-8-,10-7-;. The molecule has 2 aliphatic rings. The summed E-state index contributed by atoms with van der Waals surface area (Å²) in [6, 6.07) is 25.8. The molecule has 0 saturated carbocycles. The molecule has 2 fully saturated rings. The van der Waals surface area contributed by atoms with E-state index in [1.54, 1.807) is 21.7 Å². The largest absolute Gasteiger partial charge is 0.115 e. The Morgan fingerprint density at radius 2 is 1.00 bits per heavy atom. The molecular formula is C52H68P2. The first-order valence-corrected chi connectivity index (χ1v) is 23.7. The van der Waals surface area contributed by atoms with E-state index in [-0.39, 0.29) is 15.8 Å². The van der Waals surface area contributed by atoms with E-state index in [0.717, 1.165) is 23.8 Å². The quantitative estimate of drug-likeness (QED) is 0.104. The molecular weight excluding hydrogens is 687 g/mol. The number of rotatable bonds is 6. The van der Waals surface area contributed by atoms with Crippen LogP contribution in [-0.4, -0.2) is 24.6 Å². The molecule has 2 heterocycles. The van der Waals surface area contributed by atoms with Crippen LogP contribution in [0, 0.1) is 74.7 Å². The molecule has 2 unspecified atom stereocenters. The summed E-state index contributed by atoms with van der Waals surface area (Å²) in [5.41, 5.74) is 18.5. The summed E-state index contributed by atoms with van der Waals surface area (Å²) in [5, 5.41) is 3.53. The van der Waals surface area contributed by atoms with Crippen molar-refractivity contribution in [3.8, 4) is 12.3 Å². The van der Waals surface area contributed by atoms with E-state index in [9.17, 15) is 0 Å². The Kier molecular flexibility index (Phi) is 16.6. The third-order valence-electron chi connectivity index (χ3n) is 11.1. The van der Waals surface area contributed by atoms with Crippen molar-refractivity contribution in [2.24, 2.45) is 0 Å². The van der Waals surface area contributed by atoms with Gasteiger partial charge in [0.15, 0.2) is 0 Å². The first-order valence-electron chi connectivity index (χ1n) is 20.3. The molecule has 0 N–H and O–H groups in total. The SMILES string of the molecule is C#C/C(C)=C\C(C)=C/CC.Cc1cc(C)c(C2CCP(c3ccccc3P3CCC(c4c(C)cc(C)cc4C)C3)CC2)c(C)c1.Cc1cc(C)cc(C)c1. The predicted molar refractivity (Wildman–Crippen MR) is 247 cm³/mol. The first kappa shape index (κ1) is 43.5. The molecule has 0 nitrogen and oxygen atoms in total. The molecule has 4 aromatic rings. The van der Waals surface area contributed by atoms with Crippen LogP contribution < -0.4 is 10.6 Å². The summed E-state index contributed by atoms with van der Waals surface area (Å²) < 4.78 is 0. The molecule has 2 atom stereocenters. The van der Waals surface area contributed by atoms with E-state index >= 15 is 0 Å². The van der Waals surface area contributed by atoms with Crippen LogP contribution in [0.2, 0.25) is 0 Å². The van der Waals surface area contributed by atoms with Crippen molar-refractivity contribution < 1.29 is 0 Å². The Morgan fingerprint density at radius 1 is 0.611 bits per heavy atom. The van der Waals surface area contributed by atoms with Gasteiger partial charge in [-0.1, -0.05) is 135 Å². The fourth-order valence-corrected chi connectivity index (χ4v) is 15.6. The van der Waals surface area contributed by atoms with E-state index in [1.165, 1.54) is 99.6 Å². The highest BCUT2D eigenvalue weighted by molar-refractivity contribution is 7.72. The Bertz CT molecular complexity index is 1880. The van der Waals surface area contributed by atoms with Crippen LogP contribution in [0.5, 0.6) is 0 Å². The van der Waals surface area contributed by atoms with E-state index < -0.39 is 0 Å². The van der Waals surface area contributed by atoms with Gasteiger partial charge in [0, 0.05) is 0 Å². The van der Waals surface area contributed by atoms with Gasteiger partial charge in [0.05, 0.1) is 0 Å². The summed E-state index contributed by atoms with van der Waals surface area (Å²) in [6.07, 6.45) is 20.1. The van der Waals surface area contributed by atoms with Crippen molar-refractivity contribution in [2.45, 2.75) is 121 Å². The van der Waals surface area contributed by atoms with Gasteiger partial charge in [-0.2, -0.15) is 0 Å². The van der Waals surface area contributed by atoms with Crippen LogP contribution in [0.1, 0.15) is 119 Å². The first-order chi connectivity index (χ1) is 25.7. The zero-order valence-electron chi connectivity index (χ0n) is 35.8. The van der Waals surface area contributed by atoms with Gasteiger partial charge in [0.1, 0.15) is 0 Å². The maximum atomic E-state index is 5.17. The van der Waals surface area contributed by atoms with Crippen LogP contribution in [0.15, 0.2) is 90.0 Å². The lowest BCUT2D eigenvalue weighted by Crippen LogP contribution is -2.27. The normalized spacial score (nSPS) is 20.0. The minimum absolute atomic E-state index is 0.0153. The van der Waals surface area contributed by atoms with Crippen LogP contribution >= 0.6 is 15.8 Å². The van der Waals surface area contributed by atoms with Crippen molar-refractivity contribution in [2.75, 3.05) is 24.6 Å². The van der Waals surface area contributed by atoms with E-state index in [4.69, 9.17) is 6.42 Å². The Labute approximate surface area is 333 Å². The molecule has 54 heavy (non-hydrogen) atoms. The molecule has 4 aromatic carbocycles. The van der Waals surface area contributed by atoms with Gasteiger partial charge in [-0.25, -0.2) is 0 Å². The molecule has 2 aliphatic heterocycles. The molecule has 0 aromatic heterocycles. The van der Waals surface area contributed by atoms with E-state index in [0.29, 0.717) is 0 Å². The topological polar surface area (TPSA) is 0 Å². The van der Waals surface area contributed by atoms with Crippen LogP contribution in [0.3, 0.4) is 0 Å². The molecule has 0 amide bonds. The molecule has 286 valence electrons. The highest BCUT2D eigenvalue weighted by Gasteiger charge is 2.32. The van der Waals surface area contributed by atoms with E-state index in [2.05, 4.69) is 155 Å². The van der Waals surface area contributed by atoms with Gasteiger partial charge in [-0.15, -0.1) is 6.42 Å². The summed E-state index contributed by atoms with van der Waals surface area (Å²) in [6.45, 7) is 26.3. The number of allylic oxidation sites excluding steroid dienone is 4. The minimum atomic E-state index is -0.0338. The average molecular weight is 755 g/mol. The Hall–Kier alpha value is -3.22. The van der Waals surface area contributed by atoms with Crippen molar-refractivity contribution in [3.05, 3.63) is 151 Å². The van der Waals surface area contributed by atoms with Crippen molar-refractivity contribution >= 4 is 26.5 Å². The number of terminal acetylenes is 1. The van der Waals surface area contributed by atoms with Crippen molar-refractivity contribution in [1.82, 2.24) is 0 Å². The lowest BCUT2D eigenvalue weighted by atomic mass is 9.86. The summed E-state index contributed by atoms with van der Waals surface area (Å²) in [4.78, 5) is 0. The zero-order valence-corrected chi connectivity index (χ0v) is 37.6. The molecule has 0 aliphatic carbocycles. The number of hydrogen-bond donors (Lipinski definition) is 0. The van der Waals surface area contributed by atoms with Crippen LogP contribution in [0.25, 0.3) is 0 Å². The summed E-state index contributed by atoms with van der Waals surface area (Å²) in [5.74, 6) is 4.09. The molecule has 0 spiro atoms. The van der Waals surface area contributed by atoms with Gasteiger partial charge in [-0.3, -0.25) is 0 Å². The third-order valence-corrected chi connectivity index (χ3v) is 16.7. The molecule has 2 heteroatoms. The molecule has 6 rings (SSSR count). The van der Waals surface area contributed by atoms with Gasteiger partial charge in [0.25, 0.3) is 0 Å². The van der Waals surface area contributed by atoms with Crippen molar-refractivity contribution in [3.63, 3.8) is 0 Å².